The number of hydrogen-bond acceptors (Lipinski definition) is 8. The van der Waals surface area contributed by atoms with E-state index in [1.807, 2.05) is 7.05 Å². The molecule has 1 aromatic rings. The van der Waals surface area contributed by atoms with Crippen molar-refractivity contribution in [3.8, 4) is 0 Å². The molecular formula is C21H25N3O6S. The standard InChI is InChI=1S/C21H25N3O6S/c1-22-12-14-23(15-13-22)31(27,28)18-10-5-4-9-17(18)24-11-7-6-8-16(20(25)29-2)19(24)21(26)30-3/h4-11H,12-15H2,1-3H3. The van der Waals surface area contributed by atoms with Gasteiger partial charge in [0.05, 0.1) is 25.5 Å². The van der Waals surface area contributed by atoms with Crippen molar-refractivity contribution in [3.63, 3.8) is 0 Å². The van der Waals surface area contributed by atoms with Crippen LogP contribution in [0, 0.1) is 0 Å². The van der Waals surface area contributed by atoms with Crippen LogP contribution in [0.2, 0.25) is 0 Å². The summed E-state index contributed by atoms with van der Waals surface area (Å²) in [7, 11) is 0.472. The Balaban J connectivity index is 2.16. The lowest BCUT2D eigenvalue weighted by Crippen LogP contribution is -2.47. The third-order valence-electron chi connectivity index (χ3n) is 5.09. The molecule has 2 aliphatic heterocycles. The molecule has 0 N–H and O–H groups in total. The number of piperazine rings is 1. The van der Waals surface area contributed by atoms with Crippen molar-refractivity contribution >= 4 is 27.6 Å². The average molecular weight is 448 g/mol. The fourth-order valence-corrected chi connectivity index (χ4v) is 5.00. The van der Waals surface area contributed by atoms with Crippen LogP contribution in [0.5, 0.6) is 0 Å². The predicted molar refractivity (Wildman–Crippen MR) is 115 cm³/mol. The number of carbonyl (C=O) groups excluding carboxylic acids is 2. The van der Waals surface area contributed by atoms with Gasteiger partial charge in [-0.05, 0) is 31.3 Å². The lowest BCUT2D eigenvalue weighted by molar-refractivity contribution is -0.139. The maximum atomic E-state index is 13.5. The lowest BCUT2D eigenvalue weighted by Gasteiger charge is -2.33. The molecule has 0 radical (unpaired) electrons. The maximum absolute atomic E-state index is 13.5. The molecule has 1 saturated heterocycles. The second-order valence-electron chi connectivity index (χ2n) is 6.99. The van der Waals surface area contributed by atoms with Crippen molar-refractivity contribution in [2.45, 2.75) is 4.90 Å². The van der Waals surface area contributed by atoms with E-state index in [0.717, 1.165) is 0 Å². The Bertz CT molecular complexity index is 1050. The summed E-state index contributed by atoms with van der Waals surface area (Å²) in [5.41, 5.74) is 0.0368. The number of hydrogen-bond donors (Lipinski definition) is 0. The average Bonchev–Trinajstić information content (AvgIpc) is 3.01. The van der Waals surface area contributed by atoms with Crippen LogP contribution in [0.25, 0.3) is 0 Å². The summed E-state index contributed by atoms with van der Waals surface area (Å²) in [6.45, 7) is 1.96. The van der Waals surface area contributed by atoms with Crippen LogP contribution in [0.15, 0.2) is 64.9 Å². The number of likely N-dealkylation sites (N-methyl/N-ethyl adjacent to an activating group) is 1. The molecule has 0 aliphatic carbocycles. The topological polar surface area (TPSA) is 96.5 Å². The summed E-state index contributed by atoms with van der Waals surface area (Å²) in [5.74, 6) is -1.55. The molecule has 2 aliphatic rings. The van der Waals surface area contributed by atoms with Crippen molar-refractivity contribution in [2.24, 2.45) is 0 Å². The molecule has 2 heterocycles. The Kier molecular flexibility index (Phi) is 6.94. The normalized spacial score (nSPS) is 18.1. The molecule has 0 amide bonds. The van der Waals surface area contributed by atoms with Crippen LogP contribution in [-0.4, -0.2) is 77.0 Å². The highest BCUT2D eigenvalue weighted by Crippen LogP contribution is 2.33. The molecule has 1 aromatic carbocycles. The van der Waals surface area contributed by atoms with Gasteiger partial charge in [-0.15, -0.1) is 0 Å². The van der Waals surface area contributed by atoms with Crippen LogP contribution in [0.4, 0.5) is 5.69 Å². The molecule has 10 heteroatoms. The van der Waals surface area contributed by atoms with Crippen molar-refractivity contribution < 1.29 is 27.5 Å². The smallest absolute Gasteiger partial charge is 0.355 e. The summed E-state index contributed by atoms with van der Waals surface area (Å²) in [6.07, 6.45) is 6.09. The number of carbonyl (C=O) groups is 2. The third-order valence-corrected chi connectivity index (χ3v) is 7.04. The van der Waals surface area contributed by atoms with Crippen LogP contribution in [-0.2, 0) is 29.1 Å². The third kappa shape index (κ3) is 4.55. The zero-order valence-corrected chi connectivity index (χ0v) is 18.5. The van der Waals surface area contributed by atoms with Crippen molar-refractivity contribution in [2.75, 3.05) is 52.3 Å². The van der Waals surface area contributed by atoms with Gasteiger partial charge in [0.2, 0.25) is 10.0 Å². The van der Waals surface area contributed by atoms with E-state index in [2.05, 4.69) is 4.90 Å². The van der Waals surface area contributed by atoms with E-state index >= 15 is 0 Å². The Morgan fingerprint density at radius 2 is 1.58 bits per heavy atom. The molecule has 0 atom stereocenters. The van der Waals surface area contributed by atoms with Gasteiger partial charge >= 0.3 is 11.9 Å². The minimum Gasteiger partial charge on any atom is -0.465 e. The molecule has 1 fully saturated rings. The number of allylic oxidation sites excluding steroid dienone is 2. The Morgan fingerprint density at radius 1 is 0.935 bits per heavy atom. The molecule has 0 spiro atoms. The molecule has 0 aromatic heterocycles. The van der Waals surface area contributed by atoms with Crippen molar-refractivity contribution in [3.05, 3.63) is 60.0 Å². The number of anilines is 1. The molecule has 0 unspecified atom stereocenters. The first kappa shape index (κ1) is 22.7. The van der Waals surface area contributed by atoms with E-state index < -0.39 is 22.0 Å². The molecule has 3 rings (SSSR count). The number of esters is 2. The summed E-state index contributed by atoms with van der Waals surface area (Å²) in [6, 6.07) is 6.35. The first-order chi connectivity index (χ1) is 14.8. The van der Waals surface area contributed by atoms with E-state index in [1.54, 1.807) is 30.4 Å². The predicted octanol–water partition coefficient (Wildman–Crippen LogP) is 1.11. The fraction of sp³-hybridized carbons (Fsp3) is 0.333. The number of ether oxygens (including phenoxy) is 2. The largest absolute Gasteiger partial charge is 0.465 e. The van der Waals surface area contributed by atoms with Crippen LogP contribution >= 0.6 is 0 Å². The first-order valence-electron chi connectivity index (χ1n) is 9.64. The SMILES string of the molecule is COC(=O)C1=C(C(=O)OC)N(c2ccccc2S(=O)(=O)N2CCN(C)CC2)C=CC=C1. The van der Waals surface area contributed by atoms with Crippen LogP contribution < -0.4 is 4.90 Å². The lowest BCUT2D eigenvalue weighted by atomic mass is 10.1. The molecule has 31 heavy (non-hydrogen) atoms. The number of para-hydroxylation sites is 1. The van der Waals surface area contributed by atoms with Gasteiger partial charge in [-0.3, -0.25) is 0 Å². The quantitative estimate of drug-likeness (QED) is 0.620. The van der Waals surface area contributed by atoms with E-state index in [9.17, 15) is 18.0 Å². The second-order valence-corrected chi connectivity index (χ2v) is 8.90. The zero-order chi connectivity index (χ0) is 22.6. The number of sulfonamides is 1. The van der Waals surface area contributed by atoms with Gasteiger partial charge in [0.25, 0.3) is 0 Å². The van der Waals surface area contributed by atoms with Gasteiger partial charge < -0.3 is 19.3 Å². The van der Waals surface area contributed by atoms with Crippen molar-refractivity contribution in [1.82, 2.24) is 9.21 Å². The first-order valence-corrected chi connectivity index (χ1v) is 11.1. The Morgan fingerprint density at radius 3 is 2.23 bits per heavy atom. The van der Waals surface area contributed by atoms with Gasteiger partial charge in [0.15, 0.2) is 0 Å². The van der Waals surface area contributed by atoms with Gasteiger partial charge in [0.1, 0.15) is 10.6 Å². The van der Waals surface area contributed by atoms with Gasteiger partial charge in [-0.25, -0.2) is 18.0 Å². The van der Waals surface area contributed by atoms with Gasteiger partial charge in [-0.2, -0.15) is 4.31 Å². The molecule has 166 valence electrons. The van der Waals surface area contributed by atoms with Crippen LogP contribution in [0.1, 0.15) is 0 Å². The highest BCUT2D eigenvalue weighted by Gasteiger charge is 2.34. The van der Waals surface area contributed by atoms with Crippen molar-refractivity contribution in [1.29, 1.82) is 0 Å². The van der Waals surface area contributed by atoms with Crippen LogP contribution in [0.3, 0.4) is 0 Å². The molecule has 0 bridgehead atoms. The highest BCUT2D eigenvalue weighted by atomic mass is 32.2. The minimum atomic E-state index is -3.86. The maximum Gasteiger partial charge on any atom is 0.355 e. The van der Waals surface area contributed by atoms with Gasteiger partial charge in [-0.1, -0.05) is 18.2 Å². The van der Waals surface area contributed by atoms with Gasteiger partial charge in [0, 0.05) is 32.4 Å². The minimum absolute atomic E-state index is 0.0247. The summed E-state index contributed by atoms with van der Waals surface area (Å²) in [4.78, 5) is 28.5. The number of benzene rings is 1. The molecular weight excluding hydrogens is 422 g/mol. The Hall–Kier alpha value is -2.95. The summed E-state index contributed by atoms with van der Waals surface area (Å²) >= 11 is 0. The second kappa shape index (κ2) is 9.46. The fourth-order valence-electron chi connectivity index (χ4n) is 3.39. The monoisotopic (exact) mass is 447 g/mol. The van der Waals surface area contributed by atoms with E-state index in [0.29, 0.717) is 26.2 Å². The zero-order valence-electron chi connectivity index (χ0n) is 17.6. The number of rotatable bonds is 5. The Labute approximate surface area is 181 Å². The van der Waals surface area contributed by atoms with E-state index in [-0.39, 0.29) is 21.9 Å². The molecule has 0 saturated carbocycles. The highest BCUT2D eigenvalue weighted by molar-refractivity contribution is 7.89. The molecule has 9 nitrogen and oxygen atoms in total. The van der Waals surface area contributed by atoms with E-state index in [4.69, 9.17) is 9.47 Å². The number of nitrogens with zero attached hydrogens (tertiary/aromatic N) is 3. The van der Waals surface area contributed by atoms with E-state index in [1.165, 1.54) is 41.8 Å². The summed E-state index contributed by atoms with van der Waals surface area (Å²) in [5, 5.41) is 0. The summed E-state index contributed by atoms with van der Waals surface area (Å²) < 4.78 is 38.1. The number of methoxy groups -OCH3 is 2.